The number of carboxylic acids is 1. The van der Waals surface area contributed by atoms with E-state index >= 15 is 0 Å². The number of amides is 1. The molecule has 0 saturated heterocycles. The van der Waals surface area contributed by atoms with E-state index in [2.05, 4.69) is 4.98 Å². The Morgan fingerprint density at radius 1 is 1.32 bits per heavy atom. The number of hydrogen-bond donors (Lipinski definition) is 3. The van der Waals surface area contributed by atoms with Gasteiger partial charge in [-0.1, -0.05) is 0 Å². The van der Waals surface area contributed by atoms with Gasteiger partial charge in [0.15, 0.2) is 0 Å². The molecular formula is C11H15N3O5. The number of carboxylic acid groups (broad SMARTS) is 1. The van der Waals surface area contributed by atoms with Gasteiger partial charge in [0, 0.05) is 18.7 Å². The summed E-state index contributed by atoms with van der Waals surface area (Å²) in [6.07, 6.45) is -0.211. The summed E-state index contributed by atoms with van der Waals surface area (Å²) >= 11 is 0. The SMILES string of the molecule is CC(C)N(CCC(=O)O)C(=O)c1cc(=O)[nH]c(=O)[nH]1. The van der Waals surface area contributed by atoms with E-state index in [1.54, 1.807) is 13.8 Å². The molecule has 104 valence electrons. The van der Waals surface area contributed by atoms with Crippen LogP contribution in [0.5, 0.6) is 0 Å². The van der Waals surface area contributed by atoms with Crippen LogP contribution in [0.2, 0.25) is 0 Å². The van der Waals surface area contributed by atoms with Crippen molar-refractivity contribution in [3.63, 3.8) is 0 Å². The lowest BCUT2D eigenvalue weighted by molar-refractivity contribution is -0.137. The highest BCUT2D eigenvalue weighted by atomic mass is 16.4. The van der Waals surface area contributed by atoms with E-state index in [1.807, 2.05) is 4.98 Å². The van der Waals surface area contributed by atoms with Gasteiger partial charge in [0.2, 0.25) is 0 Å². The van der Waals surface area contributed by atoms with Crippen LogP contribution in [0.4, 0.5) is 0 Å². The lowest BCUT2D eigenvalue weighted by atomic mass is 10.2. The normalized spacial score (nSPS) is 10.5. The lowest BCUT2D eigenvalue weighted by Gasteiger charge is -2.25. The zero-order valence-corrected chi connectivity index (χ0v) is 10.6. The molecule has 1 rings (SSSR count). The molecule has 0 atom stereocenters. The molecule has 1 heterocycles. The van der Waals surface area contributed by atoms with Gasteiger partial charge in [-0.2, -0.15) is 0 Å². The summed E-state index contributed by atoms with van der Waals surface area (Å²) in [4.78, 5) is 50.3. The standard InChI is InChI=1S/C11H15N3O5/c1-6(2)14(4-3-9(16)17)10(18)7-5-8(15)13-11(19)12-7/h5-6H,3-4H2,1-2H3,(H,16,17)(H2,12,13,15,19). The van der Waals surface area contributed by atoms with Gasteiger partial charge in [-0.15, -0.1) is 0 Å². The molecule has 0 radical (unpaired) electrons. The van der Waals surface area contributed by atoms with Crippen molar-refractivity contribution in [1.29, 1.82) is 0 Å². The van der Waals surface area contributed by atoms with Gasteiger partial charge in [-0.05, 0) is 13.8 Å². The Morgan fingerprint density at radius 3 is 2.42 bits per heavy atom. The summed E-state index contributed by atoms with van der Waals surface area (Å²) in [7, 11) is 0. The second kappa shape index (κ2) is 5.98. The predicted octanol–water partition coefficient (Wildman–Crippen LogP) is -0.611. The number of rotatable bonds is 5. The van der Waals surface area contributed by atoms with E-state index in [9.17, 15) is 19.2 Å². The maximum atomic E-state index is 12.1. The van der Waals surface area contributed by atoms with Crippen LogP contribution in [0, 0.1) is 0 Å². The van der Waals surface area contributed by atoms with Crippen molar-refractivity contribution in [1.82, 2.24) is 14.9 Å². The van der Waals surface area contributed by atoms with Crippen molar-refractivity contribution >= 4 is 11.9 Å². The smallest absolute Gasteiger partial charge is 0.326 e. The Bertz CT molecular complexity index is 558. The van der Waals surface area contributed by atoms with Crippen molar-refractivity contribution in [2.24, 2.45) is 0 Å². The molecule has 8 heteroatoms. The number of H-pyrrole nitrogens is 2. The maximum absolute atomic E-state index is 12.1. The molecular weight excluding hydrogens is 254 g/mol. The predicted molar refractivity (Wildman–Crippen MR) is 66.1 cm³/mol. The summed E-state index contributed by atoms with van der Waals surface area (Å²) in [6, 6.07) is 0.717. The molecule has 1 amide bonds. The molecule has 8 nitrogen and oxygen atoms in total. The van der Waals surface area contributed by atoms with Crippen LogP contribution in [-0.4, -0.2) is 44.4 Å². The first-order valence-corrected chi connectivity index (χ1v) is 5.67. The minimum atomic E-state index is -1.03. The van der Waals surface area contributed by atoms with Crippen LogP contribution in [0.3, 0.4) is 0 Å². The average Bonchev–Trinajstić information content (AvgIpc) is 2.26. The quantitative estimate of drug-likeness (QED) is 0.657. The van der Waals surface area contributed by atoms with Crippen LogP contribution in [0.25, 0.3) is 0 Å². The first-order valence-electron chi connectivity index (χ1n) is 5.67. The van der Waals surface area contributed by atoms with Crippen molar-refractivity contribution in [2.75, 3.05) is 6.54 Å². The Labute approximate surface area is 108 Å². The molecule has 0 aliphatic rings. The lowest BCUT2D eigenvalue weighted by Crippen LogP contribution is -2.40. The summed E-state index contributed by atoms with van der Waals surface area (Å²) in [5.41, 5.74) is -1.63. The fourth-order valence-electron chi connectivity index (χ4n) is 1.55. The maximum Gasteiger partial charge on any atom is 0.326 e. The fraction of sp³-hybridized carbons (Fsp3) is 0.455. The highest BCUT2D eigenvalue weighted by molar-refractivity contribution is 5.92. The number of aromatic amines is 2. The Morgan fingerprint density at radius 2 is 1.95 bits per heavy atom. The van der Waals surface area contributed by atoms with E-state index in [4.69, 9.17) is 5.11 Å². The van der Waals surface area contributed by atoms with Crippen molar-refractivity contribution < 1.29 is 14.7 Å². The molecule has 0 fully saturated rings. The van der Waals surface area contributed by atoms with Gasteiger partial charge in [-0.25, -0.2) is 4.79 Å². The summed E-state index contributed by atoms with van der Waals surface area (Å²) in [5, 5.41) is 8.63. The molecule has 1 aromatic rings. The van der Waals surface area contributed by atoms with Gasteiger partial charge in [-0.3, -0.25) is 19.4 Å². The number of nitrogens with zero attached hydrogens (tertiary/aromatic N) is 1. The fourth-order valence-corrected chi connectivity index (χ4v) is 1.55. The molecule has 0 aromatic carbocycles. The summed E-state index contributed by atoms with van der Waals surface area (Å²) in [5.74, 6) is -1.61. The number of carbonyl (C=O) groups excluding carboxylic acids is 1. The van der Waals surface area contributed by atoms with Gasteiger partial charge in [0.25, 0.3) is 11.5 Å². The third-order valence-electron chi connectivity index (χ3n) is 2.44. The molecule has 0 bridgehead atoms. The van der Waals surface area contributed by atoms with Crippen molar-refractivity contribution in [2.45, 2.75) is 26.3 Å². The van der Waals surface area contributed by atoms with E-state index in [1.165, 1.54) is 4.90 Å². The zero-order valence-electron chi connectivity index (χ0n) is 10.6. The molecule has 0 aliphatic carbocycles. The third-order valence-corrected chi connectivity index (χ3v) is 2.44. The van der Waals surface area contributed by atoms with Crippen LogP contribution in [0.1, 0.15) is 30.8 Å². The molecule has 0 aliphatic heterocycles. The minimum Gasteiger partial charge on any atom is -0.481 e. The second-order valence-electron chi connectivity index (χ2n) is 4.24. The number of hydrogen-bond acceptors (Lipinski definition) is 4. The summed E-state index contributed by atoms with van der Waals surface area (Å²) < 4.78 is 0. The van der Waals surface area contributed by atoms with E-state index < -0.39 is 23.1 Å². The highest BCUT2D eigenvalue weighted by Crippen LogP contribution is 2.05. The second-order valence-corrected chi connectivity index (χ2v) is 4.24. The van der Waals surface area contributed by atoms with Gasteiger partial charge < -0.3 is 15.0 Å². The highest BCUT2D eigenvalue weighted by Gasteiger charge is 2.20. The first-order chi connectivity index (χ1) is 8.81. The average molecular weight is 269 g/mol. The van der Waals surface area contributed by atoms with E-state index in [-0.39, 0.29) is 24.7 Å². The number of aromatic nitrogens is 2. The molecule has 0 saturated carbocycles. The largest absolute Gasteiger partial charge is 0.481 e. The molecule has 1 aromatic heterocycles. The number of aliphatic carboxylic acids is 1. The van der Waals surface area contributed by atoms with Crippen LogP contribution < -0.4 is 11.2 Å². The molecule has 19 heavy (non-hydrogen) atoms. The Hall–Kier alpha value is -2.38. The molecule has 3 N–H and O–H groups in total. The Balaban J connectivity index is 3.02. The van der Waals surface area contributed by atoms with Gasteiger partial charge in [0.1, 0.15) is 5.69 Å². The van der Waals surface area contributed by atoms with Gasteiger partial charge in [0.05, 0.1) is 6.42 Å². The van der Waals surface area contributed by atoms with Gasteiger partial charge >= 0.3 is 11.7 Å². The van der Waals surface area contributed by atoms with Crippen LogP contribution in [0.15, 0.2) is 15.7 Å². The monoisotopic (exact) mass is 269 g/mol. The van der Waals surface area contributed by atoms with Crippen molar-refractivity contribution in [3.05, 3.63) is 32.6 Å². The first kappa shape index (κ1) is 14.7. The van der Waals surface area contributed by atoms with Crippen LogP contribution in [-0.2, 0) is 4.79 Å². The minimum absolute atomic E-state index is 0.000658. The van der Waals surface area contributed by atoms with Crippen molar-refractivity contribution in [3.8, 4) is 0 Å². The molecule has 0 unspecified atom stereocenters. The van der Waals surface area contributed by atoms with Crippen LogP contribution >= 0.6 is 0 Å². The third kappa shape index (κ3) is 4.09. The van der Waals surface area contributed by atoms with E-state index in [0.29, 0.717) is 0 Å². The Kier molecular flexibility index (Phi) is 4.62. The van der Waals surface area contributed by atoms with E-state index in [0.717, 1.165) is 6.07 Å². The summed E-state index contributed by atoms with van der Waals surface area (Å²) in [6.45, 7) is 3.43. The topological polar surface area (TPSA) is 123 Å². The zero-order chi connectivity index (χ0) is 14.6. The molecule has 0 spiro atoms. The number of carbonyl (C=O) groups is 2. The number of nitrogens with one attached hydrogen (secondary N) is 2.